The summed E-state index contributed by atoms with van der Waals surface area (Å²) in [5.41, 5.74) is 1.17. The Morgan fingerprint density at radius 1 is 0.500 bits per heavy atom. The van der Waals surface area contributed by atoms with Crippen LogP contribution in [0.5, 0.6) is 0 Å². The summed E-state index contributed by atoms with van der Waals surface area (Å²) in [6.45, 7) is 6.07. The molecule has 0 N–H and O–H groups in total. The third kappa shape index (κ3) is 4.66. The fraction of sp³-hybridized carbons (Fsp3) is 0.0370. The van der Waals surface area contributed by atoms with E-state index < -0.39 is 7.26 Å². The Morgan fingerprint density at radius 3 is 1.04 bits per heavy atom. The molecule has 0 aromatic heterocycles. The Bertz CT molecular complexity index is 865. The predicted molar refractivity (Wildman–Crippen MR) is 129 cm³/mol. The molecule has 140 valence electrons. The van der Waals surface area contributed by atoms with E-state index in [0.717, 1.165) is 0 Å². The molecule has 0 heterocycles. The number of hydrogen-bond donors (Lipinski definition) is 0. The summed E-state index contributed by atoms with van der Waals surface area (Å²) in [6.07, 6.45) is 1.83. The van der Waals surface area contributed by atoms with Crippen molar-refractivity contribution in [1.82, 2.24) is 0 Å². The number of hydrogen-bond acceptors (Lipinski definition) is 0. The zero-order chi connectivity index (χ0) is 19.7. The molecule has 0 aliphatic carbocycles. The van der Waals surface area contributed by atoms with Crippen molar-refractivity contribution in [2.75, 3.05) is 6.66 Å². The maximum atomic E-state index is 3.63. The van der Waals surface area contributed by atoms with Crippen molar-refractivity contribution < 1.29 is 0 Å². The molecule has 0 amide bonds. The van der Waals surface area contributed by atoms with Crippen LogP contribution >= 0.6 is 7.26 Å². The number of benzene rings is 4. The molecule has 0 aliphatic heterocycles. The Hall–Kier alpha value is -2.95. The van der Waals surface area contributed by atoms with Gasteiger partial charge in [-0.3, -0.25) is 0 Å². The molecule has 4 aromatic carbocycles. The first-order valence-corrected chi connectivity index (χ1v) is 12.1. The van der Waals surface area contributed by atoms with E-state index in [2.05, 4.69) is 104 Å². The minimum atomic E-state index is -1.88. The van der Waals surface area contributed by atoms with Gasteiger partial charge in [0, 0.05) is 0 Å². The van der Waals surface area contributed by atoms with Gasteiger partial charge in [-0.15, -0.1) is 0 Å². The van der Waals surface area contributed by atoms with Crippen molar-refractivity contribution in [1.29, 1.82) is 0 Å². The molecule has 0 unspecified atom stereocenters. The van der Waals surface area contributed by atoms with Gasteiger partial charge in [0.15, 0.2) is 0 Å². The second kappa shape index (κ2) is 9.83. The first-order chi connectivity index (χ1) is 13.7. The molecule has 0 aliphatic rings. The Labute approximate surface area is 169 Å². The molecule has 0 saturated carbocycles. The average Bonchev–Trinajstić information content (AvgIpc) is 2.81. The Morgan fingerprint density at radius 2 is 0.786 bits per heavy atom. The van der Waals surface area contributed by atoms with Gasteiger partial charge in [-0.25, -0.2) is 0 Å². The maximum absolute atomic E-state index is 3.63. The molecule has 0 radical (unpaired) electrons. The molecule has 4 rings (SSSR count). The monoisotopic (exact) mass is 382 g/mol. The third-order valence-electron chi connectivity index (χ3n) is 5.09. The van der Waals surface area contributed by atoms with Gasteiger partial charge >= 0.3 is 121 Å². The van der Waals surface area contributed by atoms with E-state index >= 15 is 0 Å². The van der Waals surface area contributed by atoms with Gasteiger partial charge in [0.1, 0.15) is 0 Å². The van der Waals surface area contributed by atoms with Crippen molar-refractivity contribution in [3.63, 3.8) is 0 Å². The van der Waals surface area contributed by atoms with E-state index in [0.29, 0.717) is 0 Å². The molecule has 0 atom stereocenters. The molecule has 0 spiro atoms. The predicted octanol–water partition coefficient (Wildman–Crippen LogP) is 5.67. The topological polar surface area (TPSA) is 0 Å². The van der Waals surface area contributed by atoms with Crippen LogP contribution in [0.2, 0.25) is 0 Å². The average molecular weight is 382 g/mol. The third-order valence-corrected chi connectivity index (χ3v) is 9.55. The van der Waals surface area contributed by atoms with Crippen LogP contribution in [0.15, 0.2) is 128 Å². The standard InChI is InChI=1S/C19H19P.C8H8/c1-20(17-11-5-2-6-12-17,18-13-7-3-8-14-18)19-15-9-4-10-16-19;1-2-8-6-4-3-5-7-8/h2-16,20H,1H3;2-7H,1H2. The number of rotatable bonds is 4. The normalized spacial score (nSPS) is 11.0. The van der Waals surface area contributed by atoms with Crippen LogP contribution < -0.4 is 15.9 Å². The fourth-order valence-corrected chi connectivity index (χ4v) is 6.98. The molecule has 4 aromatic rings. The zero-order valence-electron chi connectivity index (χ0n) is 16.3. The summed E-state index contributed by atoms with van der Waals surface area (Å²) < 4.78 is 0. The summed E-state index contributed by atoms with van der Waals surface area (Å²) >= 11 is 0. The molecular weight excluding hydrogens is 355 g/mol. The molecule has 0 bridgehead atoms. The van der Waals surface area contributed by atoms with Crippen molar-refractivity contribution in [2.24, 2.45) is 0 Å². The van der Waals surface area contributed by atoms with Crippen LogP contribution in [0.3, 0.4) is 0 Å². The van der Waals surface area contributed by atoms with E-state index in [-0.39, 0.29) is 0 Å². The Balaban J connectivity index is 0.000000236. The first kappa shape index (κ1) is 19.8. The summed E-state index contributed by atoms with van der Waals surface area (Å²) in [6, 6.07) is 42.8. The van der Waals surface area contributed by atoms with Crippen LogP contribution in [-0.2, 0) is 0 Å². The van der Waals surface area contributed by atoms with Gasteiger partial charge < -0.3 is 0 Å². The molecule has 28 heavy (non-hydrogen) atoms. The van der Waals surface area contributed by atoms with Crippen molar-refractivity contribution >= 4 is 29.3 Å². The second-order valence-electron chi connectivity index (χ2n) is 6.84. The second-order valence-corrected chi connectivity index (χ2v) is 10.8. The quantitative estimate of drug-likeness (QED) is 0.399. The van der Waals surface area contributed by atoms with E-state index in [9.17, 15) is 0 Å². The zero-order valence-corrected chi connectivity index (χ0v) is 17.3. The van der Waals surface area contributed by atoms with E-state index in [1.807, 2.05) is 36.4 Å². The van der Waals surface area contributed by atoms with E-state index in [4.69, 9.17) is 0 Å². The van der Waals surface area contributed by atoms with Gasteiger partial charge in [0.2, 0.25) is 0 Å². The van der Waals surface area contributed by atoms with Gasteiger partial charge in [0.25, 0.3) is 0 Å². The van der Waals surface area contributed by atoms with Gasteiger partial charge in [0.05, 0.1) is 0 Å². The molecular formula is C27H27P. The summed E-state index contributed by atoms with van der Waals surface area (Å²) in [5.74, 6) is 0. The van der Waals surface area contributed by atoms with Crippen LogP contribution in [0.1, 0.15) is 5.56 Å². The molecule has 0 fully saturated rings. The van der Waals surface area contributed by atoms with Gasteiger partial charge in [-0.1, -0.05) is 43.0 Å². The van der Waals surface area contributed by atoms with E-state index in [1.54, 1.807) is 0 Å². The minimum absolute atomic E-state index is 1.17. The van der Waals surface area contributed by atoms with Gasteiger partial charge in [-0.05, 0) is 5.56 Å². The summed E-state index contributed by atoms with van der Waals surface area (Å²) in [5, 5.41) is 4.37. The van der Waals surface area contributed by atoms with Crippen LogP contribution in [0.4, 0.5) is 0 Å². The van der Waals surface area contributed by atoms with Crippen LogP contribution in [-0.4, -0.2) is 6.66 Å². The molecule has 1 heteroatoms. The first-order valence-electron chi connectivity index (χ1n) is 9.59. The summed E-state index contributed by atoms with van der Waals surface area (Å²) in [4.78, 5) is 0. The SMILES string of the molecule is C=Cc1ccccc1.C[PH](c1ccccc1)(c1ccccc1)c1ccccc1. The van der Waals surface area contributed by atoms with Gasteiger partial charge in [-0.2, -0.15) is 0 Å². The van der Waals surface area contributed by atoms with Crippen molar-refractivity contribution in [3.05, 3.63) is 133 Å². The van der Waals surface area contributed by atoms with Crippen molar-refractivity contribution in [2.45, 2.75) is 0 Å². The molecule has 0 saturated heterocycles. The Kier molecular flexibility index (Phi) is 6.95. The van der Waals surface area contributed by atoms with Crippen molar-refractivity contribution in [3.8, 4) is 0 Å². The fourth-order valence-electron chi connectivity index (χ4n) is 3.40. The van der Waals surface area contributed by atoms with E-state index in [1.165, 1.54) is 21.5 Å². The van der Waals surface area contributed by atoms with Crippen LogP contribution in [0.25, 0.3) is 6.08 Å². The molecule has 0 nitrogen and oxygen atoms in total. The van der Waals surface area contributed by atoms with Crippen LogP contribution in [0, 0.1) is 0 Å². The summed E-state index contributed by atoms with van der Waals surface area (Å²) in [7, 11) is -1.88.